The molecule has 1 amide bonds. The fourth-order valence-electron chi connectivity index (χ4n) is 3.13. The van der Waals surface area contributed by atoms with Crippen molar-refractivity contribution in [2.45, 2.75) is 32.8 Å². The summed E-state index contributed by atoms with van der Waals surface area (Å²) in [4.78, 5) is 17.6. The molecule has 2 N–H and O–H groups in total. The normalized spacial score (nSPS) is 21.3. The van der Waals surface area contributed by atoms with Crippen molar-refractivity contribution in [1.82, 2.24) is 9.88 Å². The van der Waals surface area contributed by atoms with E-state index in [2.05, 4.69) is 11.9 Å². The number of hydrogen-bond acceptors (Lipinski definition) is 2. The van der Waals surface area contributed by atoms with Gasteiger partial charge in [-0.05, 0) is 56.4 Å². The van der Waals surface area contributed by atoms with Crippen LogP contribution in [-0.4, -0.2) is 40.6 Å². The van der Waals surface area contributed by atoms with E-state index in [1.54, 1.807) is 4.90 Å². The minimum atomic E-state index is -0.166. The van der Waals surface area contributed by atoms with Crippen LogP contribution >= 0.6 is 0 Å². The molecule has 0 atom stereocenters. The monoisotopic (exact) mass is 286 g/mol. The lowest BCUT2D eigenvalue weighted by Crippen LogP contribution is -2.39. The van der Waals surface area contributed by atoms with E-state index >= 15 is 0 Å². The lowest BCUT2D eigenvalue weighted by molar-refractivity contribution is 0.0265. The van der Waals surface area contributed by atoms with Gasteiger partial charge in [0.15, 0.2) is 0 Å². The highest BCUT2D eigenvalue weighted by Crippen LogP contribution is 2.28. The SMILES string of the molecule is Cc1[nH]c2ccc(C(=O)N(C)CC3CC(O)C3)cc2c1C. The molecule has 1 saturated carbocycles. The Kier molecular flexibility index (Phi) is 3.49. The summed E-state index contributed by atoms with van der Waals surface area (Å²) in [6, 6.07) is 5.83. The van der Waals surface area contributed by atoms with Crippen molar-refractivity contribution in [3.63, 3.8) is 0 Å². The van der Waals surface area contributed by atoms with E-state index in [-0.39, 0.29) is 12.0 Å². The molecule has 21 heavy (non-hydrogen) atoms. The van der Waals surface area contributed by atoms with E-state index in [9.17, 15) is 9.90 Å². The van der Waals surface area contributed by atoms with Gasteiger partial charge in [-0.25, -0.2) is 0 Å². The van der Waals surface area contributed by atoms with Crippen LogP contribution in [0.5, 0.6) is 0 Å². The topological polar surface area (TPSA) is 56.3 Å². The van der Waals surface area contributed by atoms with Crippen molar-refractivity contribution >= 4 is 16.8 Å². The Morgan fingerprint density at radius 2 is 2.10 bits per heavy atom. The molecule has 1 aromatic carbocycles. The van der Waals surface area contributed by atoms with Crippen molar-refractivity contribution in [2.75, 3.05) is 13.6 Å². The predicted octanol–water partition coefficient (Wildman–Crippen LogP) is 2.63. The highest BCUT2D eigenvalue weighted by atomic mass is 16.3. The summed E-state index contributed by atoms with van der Waals surface area (Å²) in [6.45, 7) is 4.84. The van der Waals surface area contributed by atoms with Gasteiger partial charge in [-0.15, -0.1) is 0 Å². The minimum absolute atomic E-state index is 0.0524. The lowest BCUT2D eigenvalue weighted by atomic mass is 9.82. The number of fused-ring (bicyclic) bond motifs is 1. The maximum absolute atomic E-state index is 12.5. The highest BCUT2D eigenvalue weighted by molar-refractivity contribution is 5.98. The van der Waals surface area contributed by atoms with E-state index in [4.69, 9.17) is 0 Å². The molecule has 0 radical (unpaired) electrons. The average Bonchev–Trinajstić information content (AvgIpc) is 2.71. The van der Waals surface area contributed by atoms with Crippen molar-refractivity contribution in [2.24, 2.45) is 5.92 Å². The second kappa shape index (κ2) is 5.19. The number of benzene rings is 1. The Bertz CT molecular complexity index is 683. The largest absolute Gasteiger partial charge is 0.393 e. The Morgan fingerprint density at radius 3 is 2.76 bits per heavy atom. The first-order valence-electron chi connectivity index (χ1n) is 7.48. The number of nitrogens with one attached hydrogen (secondary N) is 1. The van der Waals surface area contributed by atoms with Crippen LogP contribution in [0.25, 0.3) is 10.9 Å². The van der Waals surface area contributed by atoms with Gasteiger partial charge in [0.25, 0.3) is 5.91 Å². The molecule has 2 aromatic rings. The van der Waals surface area contributed by atoms with Crippen LogP contribution in [0.15, 0.2) is 18.2 Å². The van der Waals surface area contributed by atoms with E-state index in [1.165, 1.54) is 5.56 Å². The number of nitrogens with zero attached hydrogens (tertiary/aromatic N) is 1. The average molecular weight is 286 g/mol. The lowest BCUT2D eigenvalue weighted by Gasteiger charge is -2.34. The minimum Gasteiger partial charge on any atom is -0.393 e. The third kappa shape index (κ3) is 2.56. The summed E-state index contributed by atoms with van der Waals surface area (Å²) in [6.07, 6.45) is 1.46. The molecule has 1 heterocycles. The first kappa shape index (κ1) is 14.1. The molecule has 112 valence electrons. The summed E-state index contributed by atoms with van der Waals surface area (Å²) in [5.74, 6) is 0.491. The van der Waals surface area contributed by atoms with Crippen molar-refractivity contribution in [1.29, 1.82) is 0 Å². The van der Waals surface area contributed by atoms with Gasteiger partial charge in [0, 0.05) is 35.8 Å². The Morgan fingerprint density at radius 1 is 1.38 bits per heavy atom. The Hall–Kier alpha value is -1.81. The van der Waals surface area contributed by atoms with Gasteiger partial charge in [0.05, 0.1) is 6.10 Å². The van der Waals surface area contributed by atoms with Gasteiger partial charge in [-0.2, -0.15) is 0 Å². The fourth-order valence-corrected chi connectivity index (χ4v) is 3.13. The van der Waals surface area contributed by atoms with Crippen LogP contribution in [0.4, 0.5) is 0 Å². The van der Waals surface area contributed by atoms with Crippen molar-refractivity contribution in [3.05, 3.63) is 35.0 Å². The number of carbonyl (C=O) groups is 1. The number of H-pyrrole nitrogens is 1. The number of aliphatic hydroxyl groups is 1. The highest BCUT2D eigenvalue weighted by Gasteiger charge is 2.29. The predicted molar refractivity (Wildman–Crippen MR) is 83.5 cm³/mol. The molecular formula is C17H22N2O2. The molecule has 1 fully saturated rings. The Balaban J connectivity index is 1.79. The van der Waals surface area contributed by atoms with Gasteiger partial charge in [0.1, 0.15) is 0 Å². The summed E-state index contributed by atoms with van der Waals surface area (Å²) in [5, 5.41) is 10.4. The zero-order valence-electron chi connectivity index (χ0n) is 12.8. The number of carbonyl (C=O) groups excluding carboxylic acids is 1. The standard InChI is InChI=1S/C17H22N2O2/c1-10-11(2)18-16-5-4-13(8-15(10)16)17(21)19(3)9-12-6-14(20)7-12/h4-5,8,12,14,18,20H,6-7,9H2,1-3H3. The molecule has 0 bridgehead atoms. The van der Waals surface area contributed by atoms with E-state index in [0.717, 1.165) is 41.5 Å². The molecule has 1 aliphatic rings. The molecule has 3 rings (SSSR count). The van der Waals surface area contributed by atoms with Crippen molar-refractivity contribution < 1.29 is 9.90 Å². The van der Waals surface area contributed by atoms with Gasteiger partial charge in [-0.1, -0.05) is 0 Å². The molecule has 0 spiro atoms. The summed E-state index contributed by atoms with van der Waals surface area (Å²) in [5.41, 5.74) is 4.15. The second-order valence-corrected chi connectivity index (χ2v) is 6.31. The fraction of sp³-hybridized carbons (Fsp3) is 0.471. The number of amides is 1. The molecule has 0 unspecified atom stereocenters. The molecule has 1 aliphatic carbocycles. The van der Waals surface area contributed by atoms with Crippen LogP contribution in [0.1, 0.15) is 34.5 Å². The zero-order valence-corrected chi connectivity index (χ0v) is 12.8. The summed E-state index contributed by atoms with van der Waals surface area (Å²) >= 11 is 0. The number of aromatic amines is 1. The second-order valence-electron chi connectivity index (χ2n) is 6.31. The number of aryl methyl sites for hydroxylation is 2. The Labute approximate surface area is 124 Å². The maximum atomic E-state index is 12.5. The number of aromatic nitrogens is 1. The molecule has 0 aliphatic heterocycles. The number of rotatable bonds is 3. The van der Waals surface area contributed by atoms with E-state index < -0.39 is 0 Å². The molecule has 0 saturated heterocycles. The third-order valence-corrected chi connectivity index (χ3v) is 4.64. The first-order valence-corrected chi connectivity index (χ1v) is 7.48. The van der Waals surface area contributed by atoms with Crippen molar-refractivity contribution in [3.8, 4) is 0 Å². The zero-order chi connectivity index (χ0) is 15.1. The molecule has 4 heteroatoms. The van der Waals surface area contributed by atoms with Gasteiger partial charge >= 0.3 is 0 Å². The van der Waals surface area contributed by atoms with Gasteiger partial charge in [-0.3, -0.25) is 4.79 Å². The van der Waals surface area contributed by atoms with Gasteiger partial charge < -0.3 is 15.0 Å². The number of aliphatic hydroxyl groups excluding tert-OH is 1. The van der Waals surface area contributed by atoms with E-state index in [0.29, 0.717) is 5.92 Å². The molecular weight excluding hydrogens is 264 g/mol. The van der Waals surface area contributed by atoms with E-state index in [1.807, 2.05) is 32.2 Å². The van der Waals surface area contributed by atoms with Crippen LogP contribution in [0.3, 0.4) is 0 Å². The summed E-state index contributed by atoms with van der Waals surface area (Å²) < 4.78 is 0. The van der Waals surface area contributed by atoms with Crippen LogP contribution in [-0.2, 0) is 0 Å². The van der Waals surface area contributed by atoms with Crippen LogP contribution < -0.4 is 0 Å². The molecule has 1 aromatic heterocycles. The molecule has 4 nitrogen and oxygen atoms in total. The number of hydrogen-bond donors (Lipinski definition) is 2. The third-order valence-electron chi connectivity index (χ3n) is 4.64. The first-order chi connectivity index (χ1) is 9.95. The van der Waals surface area contributed by atoms with Crippen LogP contribution in [0, 0.1) is 19.8 Å². The summed E-state index contributed by atoms with van der Waals surface area (Å²) in [7, 11) is 1.84. The quantitative estimate of drug-likeness (QED) is 0.911. The smallest absolute Gasteiger partial charge is 0.253 e. The maximum Gasteiger partial charge on any atom is 0.253 e. The van der Waals surface area contributed by atoms with Gasteiger partial charge in [0.2, 0.25) is 0 Å². The van der Waals surface area contributed by atoms with Crippen LogP contribution in [0.2, 0.25) is 0 Å².